The second-order valence-corrected chi connectivity index (χ2v) is 7.46. The SMILES string of the molecule is CN(C(=O)c1ccc(N)cc1)C1C2CC3CC(C2)CC1C3. The van der Waals surface area contributed by atoms with Crippen LogP contribution in [0.3, 0.4) is 0 Å². The number of carbonyl (C=O) groups is 1. The monoisotopic (exact) mass is 284 g/mol. The number of nitrogens with two attached hydrogens (primary N) is 1. The number of hydrogen-bond donors (Lipinski definition) is 1. The molecule has 3 nitrogen and oxygen atoms in total. The molecule has 5 rings (SSSR count). The van der Waals surface area contributed by atoms with Crippen molar-refractivity contribution in [3.05, 3.63) is 29.8 Å². The zero-order valence-corrected chi connectivity index (χ0v) is 12.7. The molecule has 0 heterocycles. The molecule has 4 bridgehead atoms. The van der Waals surface area contributed by atoms with E-state index in [4.69, 9.17) is 5.73 Å². The molecular weight excluding hydrogens is 260 g/mol. The van der Waals surface area contributed by atoms with E-state index in [2.05, 4.69) is 0 Å². The van der Waals surface area contributed by atoms with Gasteiger partial charge in [-0.25, -0.2) is 0 Å². The minimum atomic E-state index is 0.160. The van der Waals surface area contributed by atoms with Gasteiger partial charge in [0.2, 0.25) is 0 Å². The van der Waals surface area contributed by atoms with Gasteiger partial charge in [-0.2, -0.15) is 0 Å². The first-order valence-electron chi connectivity index (χ1n) is 8.24. The van der Waals surface area contributed by atoms with Gasteiger partial charge in [0.15, 0.2) is 0 Å². The second-order valence-electron chi connectivity index (χ2n) is 7.46. The van der Waals surface area contributed by atoms with Crippen molar-refractivity contribution < 1.29 is 4.79 Å². The Balaban J connectivity index is 1.55. The third kappa shape index (κ3) is 2.14. The average Bonchev–Trinajstić information content (AvgIpc) is 2.46. The van der Waals surface area contributed by atoms with E-state index >= 15 is 0 Å². The smallest absolute Gasteiger partial charge is 0.253 e. The van der Waals surface area contributed by atoms with Crippen molar-refractivity contribution in [2.75, 3.05) is 12.8 Å². The van der Waals surface area contributed by atoms with Crippen LogP contribution in [0.4, 0.5) is 5.69 Å². The summed E-state index contributed by atoms with van der Waals surface area (Å²) in [6.45, 7) is 0. The largest absolute Gasteiger partial charge is 0.399 e. The van der Waals surface area contributed by atoms with E-state index in [0.717, 1.165) is 29.2 Å². The number of benzene rings is 1. The van der Waals surface area contributed by atoms with Gasteiger partial charge in [0.05, 0.1) is 0 Å². The van der Waals surface area contributed by atoms with Crippen molar-refractivity contribution in [3.8, 4) is 0 Å². The molecule has 3 heteroatoms. The predicted molar refractivity (Wildman–Crippen MR) is 83.8 cm³/mol. The van der Waals surface area contributed by atoms with Crippen LogP contribution in [0.2, 0.25) is 0 Å². The van der Waals surface area contributed by atoms with Crippen LogP contribution < -0.4 is 5.73 Å². The third-order valence-corrected chi connectivity index (χ3v) is 6.10. The van der Waals surface area contributed by atoms with Crippen molar-refractivity contribution >= 4 is 11.6 Å². The molecule has 0 radical (unpaired) electrons. The minimum Gasteiger partial charge on any atom is -0.399 e. The standard InChI is InChI=1S/C18H24N2O/c1-20(18(21)13-2-4-16(19)5-3-13)17-14-7-11-6-12(9-14)10-15(17)8-11/h2-5,11-12,14-15,17H,6-10,19H2,1H3. The first-order valence-corrected chi connectivity index (χ1v) is 8.24. The van der Waals surface area contributed by atoms with Crippen LogP contribution in [0, 0.1) is 23.7 Å². The Morgan fingerprint density at radius 1 is 1.00 bits per heavy atom. The zero-order valence-electron chi connectivity index (χ0n) is 12.7. The molecule has 4 fully saturated rings. The van der Waals surface area contributed by atoms with Crippen LogP contribution in [0.5, 0.6) is 0 Å². The van der Waals surface area contributed by atoms with Crippen molar-refractivity contribution in [1.82, 2.24) is 4.90 Å². The van der Waals surface area contributed by atoms with Crippen molar-refractivity contribution in [2.45, 2.75) is 38.1 Å². The Morgan fingerprint density at radius 3 is 2.05 bits per heavy atom. The molecule has 1 aromatic carbocycles. The second kappa shape index (κ2) is 4.75. The summed E-state index contributed by atoms with van der Waals surface area (Å²) in [5, 5.41) is 0. The highest BCUT2D eigenvalue weighted by molar-refractivity contribution is 5.94. The first-order chi connectivity index (χ1) is 10.1. The lowest BCUT2D eigenvalue weighted by atomic mass is 9.54. The van der Waals surface area contributed by atoms with E-state index in [1.165, 1.54) is 32.1 Å². The van der Waals surface area contributed by atoms with E-state index in [9.17, 15) is 4.79 Å². The van der Waals surface area contributed by atoms with Gasteiger partial charge in [-0.05, 0) is 80.0 Å². The average molecular weight is 284 g/mol. The Kier molecular flexibility index (Phi) is 2.98. The molecule has 0 aromatic heterocycles. The van der Waals surface area contributed by atoms with Gasteiger partial charge in [-0.1, -0.05) is 0 Å². The molecule has 4 aliphatic rings. The maximum absolute atomic E-state index is 12.8. The lowest BCUT2D eigenvalue weighted by Gasteiger charge is -2.56. The predicted octanol–water partition coefficient (Wildman–Crippen LogP) is 3.17. The molecule has 1 amide bonds. The summed E-state index contributed by atoms with van der Waals surface area (Å²) in [5.74, 6) is 3.54. The molecule has 0 aliphatic heterocycles. The van der Waals surface area contributed by atoms with Crippen molar-refractivity contribution in [2.24, 2.45) is 23.7 Å². The summed E-state index contributed by atoms with van der Waals surface area (Å²) in [4.78, 5) is 14.8. The number of nitrogen functional groups attached to an aromatic ring is 1. The van der Waals surface area contributed by atoms with E-state index in [1.807, 2.05) is 36.2 Å². The van der Waals surface area contributed by atoms with Crippen LogP contribution in [0.1, 0.15) is 42.5 Å². The summed E-state index contributed by atoms with van der Waals surface area (Å²) >= 11 is 0. The van der Waals surface area contributed by atoms with Crippen LogP contribution in [0.25, 0.3) is 0 Å². The number of nitrogens with zero attached hydrogens (tertiary/aromatic N) is 1. The van der Waals surface area contributed by atoms with Gasteiger partial charge in [-0.15, -0.1) is 0 Å². The topological polar surface area (TPSA) is 46.3 Å². The number of hydrogen-bond acceptors (Lipinski definition) is 2. The maximum atomic E-state index is 12.8. The molecule has 0 saturated heterocycles. The summed E-state index contributed by atoms with van der Waals surface area (Å²) < 4.78 is 0. The summed E-state index contributed by atoms with van der Waals surface area (Å²) in [5.41, 5.74) is 7.19. The molecule has 21 heavy (non-hydrogen) atoms. The summed E-state index contributed by atoms with van der Waals surface area (Å²) in [6, 6.07) is 7.80. The molecule has 0 spiro atoms. The number of carbonyl (C=O) groups excluding carboxylic acids is 1. The van der Waals surface area contributed by atoms with Gasteiger partial charge in [0, 0.05) is 24.3 Å². The van der Waals surface area contributed by atoms with Gasteiger partial charge >= 0.3 is 0 Å². The van der Waals surface area contributed by atoms with Crippen LogP contribution in [-0.2, 0) is 0 Å². The number of anilines is 1. The van der Waals surface area contributed by atoms with E-state index in [-0.39, 0.29) is 5.91 Å². The minimum absolute atomic E-state index is 0.160. The molecule has 2 N–H and O–H groups in total. The van der Waals surface area contributed by atoms with Crippen molar-refractivity contribution in [3.63, 3.8) is 0 Å². The molecule has 0 unspecified atom stereocenters. The van der Waals surface area contributed by atoms with Gasteiger partial charge in [0.1, 0.15) is 0 Å². The quantitative estimate of drug-likeness (QED) is 0.848. The summed E-state index contributed by atoms with van der Waals surface area (Å²) in [6.07, 6.45) is 6.83. The lowest BCUT2D eigenvalue weighted by molar-refractivity contribution is -0.0491. The van der Waals surface area contributed by atoms with Crippen molar-refractivity contribution in [1.29, 1.82) is 0 Å². The van der Waals surface area contributed by atoms with Crippen LogP contribution in [-0.4, -0.2) is 23.9 Å². The molecular formula is C18H24N2O. The van der Waals surface area contributed by atoms with E-state index in [0.29, 0.717) is 11.7 Å². The fourth-order valence-electron chi connectivity index (χ4n) is 5.49. The Hall–Kier alpha value is -1.51. The van der Waals surface area contributed by atoms with Crippen LogP contribution >= 0.6 is 0 Å². The molecule has 1 aromatic rings. The van der Waals surface area contributed by atoms with Gasteiger partial charge < -0.3 is 10.6 Å². The third-order valence-electron chi connectivity index (χ3n) is 6.10. The Morgan fingerprint density at radius 2 is 1.52 bits per heavy atom. The normalized spacial score (nSPS) is 36.7. The van der Waals surface area contributed by atoms with Gasteiger partial charge in [-0.3, -0.25) is 4.79 Å². The highest BCUT2D eigenvalue weighted by Crippen LogP contribution is 2.55. The molecule has 0 atom stereocenters. The lowest BCUT2D eigenvalue weighted by Crippen LogP contribution is -2.56. The van der Waals surface area contributed by atoms with E-state index in [1.54, 1.807) is 0 Å². The highest BCUT2D eigenvalue weighted by Gasteiger charge is 2.50. The van der Waals surface area contributed by atoms with Crippen LogP contribution in [0.15, 0.2) is 24.3 Å². The Labute approximate surface area is 126 Å². The Bertz CT molecular complexity index is 523. The fourth-order valence-corrected chi connectivity index (χ4v) is 5.49. The van der Waals surface area contributed by atoms with Gasteiger partial charge in [0.25, 0.3) is 5.91 Å². The highest BCUT2D eigenvalue weighted by atomic mass is 16.2. The molecule has 4 aliphatic carbocycles. The summed E-state index contributed by atoms with van der Waals surface area (Å²) in [7, 11) is 2.01. The number of rotatable bonds is 2. The molecule has 112 valence electrons. The molecule has 4 saturated carbocycles. The number of amides is 1. The maximum Gasteiger partial charge on any atom is 0.253 e. The first kappa shape index (κ1) is 13.2. The zero-order chi connectivity index (χ0) is 14.6. The van der Waals surface area contributed by atoms with E-state index < -0.39 is 0 Å². The fraction of sp³-hybridized carbons (Fsp3) is 0.611.